The molecule has 0 saturated heterocycles. The van der Waals surface area contributed by atoms with Crippen molar-refractivity contribution in [1.29, 1.82) is 0 Å². The van der Waals surface area contributed by atoms with Gasteiger partial charge in [-0.05, 0) is 19.9 Å². The van der Waals surface area contributed by atoms with Gasteiger partial charge in [0.2, 0.25) is 5.91 Å². The third-order valence-electron chi connectivity index (χ3n) is 2.06. The molecule has 7 heteroatoms. The third-order valence-corrected chi connectivity index (χ3v) is 2.06. The topological polar surface area (TPSA) is 97.2 Å². The molecule has 7 nitrogen and oxygen atoms in total. The molecule has 0 aromatic carbocycles. The number of anilines is 1. The molecule has 0 saturated carbocycles. The minimum Gasteiger partial charge on any atom is -0.361 e. The molecule has 0 aliphatic rings. The summed E-state index contributed by atoms with van der Waals surface area (Å²) in [7, 11) is 0. The molecule has 1 heterocycles. The number of hydrogen-bond donors (Lipinski definition) is 2. The van der Waals surface area contributed by atoms with E-state index in [2.05, 4.69) is 15.6 Å². The van der Waals surface area contributed by atoms with Crippen LogP contribution in [0.25, 0.3) is 0 Å². The average Bonchev–Trinajstić information content (AvgIpc) is 2.26. The highest BCUT2D eigenvalue weighted by Gasteiger charge is 2.11. The maximum Gasteiger partial charge on any atom is 0.290 e. The van der Waals surface area contributed by atoms with Gasteiger partial charge >= 0.3 is 0 Å². The molecule has 1 rings (SSSR count). The number of rotatable bonds is 5. The molecule has 2 N–H and O–H groups in total. The molecular formula is C10H14N4O3. The lowest BCUT2D eigenvalue weighted by Crippen LogP contribution is -2.29. The lowest BCUT2D eigenvalue weighted by Gasteiger charge is -2.06. The molecular weight excluding hydrogens is 224 g/mol. The predicted molar refractivity (Wildman–Crippen MR) is 62.8 cm³/mol. The van der Waals surface area contributed by atoms with Crippen LogP contribution in [0.4, 0.5) is 11.5 Å². The molecule has 0 aliphatic heterocycles. The van der Waals surface area contributed by atoms with Gasteiger partial charge in [0.1, 0.15) is 11.5 Å². The van der Waals surface area contributed by atoms with Gasteiger partial charge in [-0.2, -0.15) is 0 Å². The Bertz CT molecular complexity index is 434. The summed E-state index contributed by atoms with van der Waals surface area (Å²) in [6, 6.07) is 2.84. The Morgan fingerprint density at radius 2 is 2.24 bits per heavy atom. The Kier molecular flexibility index (Phi) is 4.38. The lowest BCUT2D eigenvalue weighted by atomic mass is 10.3. The maximum atomic E-state index is 11.2. The largest absolute Gasteiger partial charge is 0.361 e. The van der Waals surface area contributed by atoms with Crippen LogP contribution in [0.2, 0.25) is 0 Å². The first-order valence-electron chi connectivity index (χ1n) is 5.17. The van der Waals surface area contributed by atoms with Gasteiger partial charge in [-0.25, -0.2) is 4.98 Å². The van der Waals surface area contributed by atoms with Crippen LogP contribution in [0.1, 0.15) is 12.6 Å². The van der Waals surface area contributed by atoms with Gasteiger partial charge in [0.25, 0.3) is 5.69 Å². The van der Waals surface area contributed by atoms with E-state index in [9.17, 15) is 14.9 Å². The van der Waals surface area contributed by atoms with Crippen molar-refractivity contribution in [1.82, 2.24) is 10.3 Å². The summed E-state index contributed by atoms with van der Waals surface area (Å²) in [5, 5.41) is 16.0. The number of nitro groups is 1. The van der Waals surface area contributed by atoms with Gasteiger partial charge in [-0.15, -0.1) is 0 Å². The van der Waals surface area contributed by atoms with Crippen LogP contribution in [-0.2, 0) is 4.79 Å². The zero-order valence-corrected chi connectivity index (χ0v) is 9.69. The second kappa shape index (κ2) is 5.78. The van der Waals surface area contributed by atoms with Crippen molar-refractivity contribution in [2.24, 2.45) is 0 Å². The number of carbonyl (C=O) groups is 1. The number of nitrogens with zero attached hydrogens (tertiary/aromatic N) is 2. The quantitative estimate of drug-likeness (QED) is 0.585. The summed E-state index contributed by atoms with van der Waals surface area (Å²) in [5.41, 5.74) is 0.282. The number of aromatic nitrogens is 1. The Morgan fingerprint density at radius 1 is 1.53 bits per heavy atom. The number of nitrogens with one attached hydrogen (secondary N) is 2. The number of likely N-dealkylation sites (N-methyl/N-ethyl adjacent to an activating group) is 1. The lowest BCUT2D eigenvalue weighted by molar-refractivity contribution is -0.385. The Hall–Kier alpha value is -2.18. The van der Waals surface area contributed by atoms with E-state index in [1.54, 1.807) is 6.92 Å². The average molecular weight is 238 g/mol. The monoisotopic (exact) mass is 238 g/mol. The molecule has 0 aliphatic carbocycles. The van der Waals surface area contributed by atoms with E-state index in [0.29, 0.717) is 18.1 Å². The van der Waals surface area contributed by atoms with Crippen LogP contribution in [0.5, 0.6) is 0 Å². The van der Waals surface area contributed by atoms with E-state index in [1.165, 1.54) is 12.1 Å². The number of aryl methyl sites for hydroxylation is 1. The number of carbonyl (C=O) groups excluding carboxylic acids is 1. The predicted octanol–water partition coefficient (Wildman–Crippen LogP) is 0.846. The van der Waals surface area contributed by atoms with Gasteiger partial charge in [-0.3, -0.25) is 14.9 Å². The first kappa shape index (κ1) is 12.9. The molecule has 0 unspecified atom stereocenters. The van der Waals surface area contributed by atoms with E-state index in [0.717, 1.165) is 0 Å². The van der Waals surface area contributed by atoms with Crippen molar-refractivity contribution in [3.05, 3.63) is 27.9 Å². The van der Waals surface area contributed by atoms with Crippen LogP contribution in [0, 0.1) is 17.0 Å². The van der Waals surface area contributed by atoms with Crippen molar-refractivity contribution in [3.8, 4) is 0 Å². The van der Waals surface area contributed by atoms with E-state index in [4.69, 9.17) is 0 Å². The zero-order valence-electron chi connectivity index (χ0n) is 9.69. The summed E-state index contributed by atoms with van der Waals surface area (Å²) >= 11 is 0. The molecule has 1 aromatic rings. The SMILES string of the molecule is CCNC(=O)CNc1ccc([N+](=O)[O-])c(C)n1. The van der Waals surface area contributed by atoms with E-state index in [1.807, 2.05) is 6.92 Å². The Balaban J connectivity index is 2.65. The van der Waals surface area contributed by atoms with E-state index >= 15 is 0 Å². The fourth-order valence-electron chi connectivity index (χ4n) is 1.28. The zero-order chi connectivity index (χ0) is 12.8. The molecule has 0 atom stereocenters. The van der Waals surface area contributed by atoms with Crippen molar-refractivity contribution < 1.29 is 9.72 Å². The van der Waals surface area contributed by atoms with Gasteiger partial charge < -0.3 is 10.6 Å². The van der Waals surface area contributed by atoms with Crippen LogP contribution in [0.15, 0.2) is 12.1 Å². The maximum absolute atomic E-state index is 11.2. The molecule has 0 spiro atoms. The number of hydrogen-bond acceptors (Lipinski definition) is 5. The first-order chi connectivity index (χ1) is 8.04. The molecule has 1 aromatic heterocycles. The number of pyridine rings is 1. The Labute approximate surface area is 98.4 Å². The van der Waals surface area contributed by atoms with Crippen molar-refractivity contribution in [2.75, 3.05) is 18.4 Å². The van der Waals surface area contributed by atoms with Gasteiger partial charge in [0.05, 0.1) is 11.5 Å². The van der Waals surface area contributed by atoms with Crippen LogP contribution < -0.4 is 10.6 Å². The summed E-state index contributed by atoms with van der Waals surface area (Å²) in [6.07, 6.45) is 0. The second-order valence-corrected chi connectivity index (χ2v) is 3.37. The summed E-state index contributed by atoms with van der Waals surface area (Å²) in [6.45, 7) is 4.03. The van der Waals surface area contributed by atoms with Crippen LogP contribution in [0.3, 0.4) is 0 Å². The summed E-state index contributed by atoms with van der Waals surface area (Å²) in [4.78, 5) is 25.2. The first-order valence-corrected chi connectivity index (χ1v) is 5.17. The van der Waals surface area contributed by atoms with E-state index < -0.39 is 4.92 Å². The van der Waals surface area contributed by atoms with E-state index in [-0.39, 0.29) is 18.1 Å². The molecule has 17 heavy (non-hydrogen) atoms. The molecule has 92 valence electrons. The summed E-state index contributed by atoms with van der Waals surface area (Å²) < 4.78 is 0. The molecule has 0 radical (unpaired) electrons. The molecule has 0 fully saturated rings. The highest BCUT2D eigenvalue weighted by molar-refractivity contribution is 5.80. The third kappa shape index (κ3) is 3.71. The minimum absolute atomic E-state index is 0.0337. The minimum atomic E-state index is -0.490. The molecule has 0 bridgehead atoms. The van der Waals surface area contributed by atoms with Crippen molar-refractivity contribution >= 4 is 17.4 Å². The normalized spacial score (nSPS) is 9.76. The van der Waals surface area contributed by atoms with Gasteiger partial charge in [-0.1, -0.05) is 0 Å². The fraction of sp³-hybridized carbons (Fsp3) is 0.400. The molecule has 1 amide bonds. The van der Waals surface area contributed by atoms with Crippen LogP contribution in [-0.4, -0.2) is 28.9 Å². The smallest absolute Gasteiger partial charge is 0.290 e. The Morgan fingerprint density at radius 3 is 2.76 bits per heavy atom. The van der Waals surface area contributed by atoms with Crippen LogP contribution >= 0.6 is 0 Å². The fourth-order valence-corrected chi connectivity index (χ4v) is 1.28. The standard InChI is InChI=1S/C10H14N4O3/c1-3-11-10(15)6-12-9-5-4-8(14(16)17)7(2)13-9/h4-5H,3,6H2,1-2H3,(H,11,15)(H,12,13). The summed E-state index contributed by atoms with van der Waals surface area (Å²) in [5.74, 6) is 0.296. The number of amides is 1. The highest BCUT2D eigenvalue weighted by Crippen LogP contribution is 2.17. The van der Waals surface area contributed by atoms with Crippen molar-refractivity contribution in [3.63, 3.8) is 0 Å². The van der Waals surface area contributed by atoms with Gasteiger partial charge in [0, 0.05) is 12.6 Å². The second-order valence-electron chi connectivity index (χ2n) is 3.37. The van der Waals surface area contributed by atoms with Gasteiger partial charge in [0.15, 0.2) is 0 Å². The van der Waals surface area contributed by atoms with Crippen molar-refractivity contribution in [2.45, 2.75) is 13.8 Å². The highest BCUT2D eigenvalue weighted by atomic mass is 16.6.